The minimum atomic E-state index is -0.905. The second-order valence-corrected chi connectivity index (χ2v) is 7.53. The molecule has 0 fully saturated rings. The molecule has 0 saturated carbocycles. The predicted octanol–water partition coefficient (Wildman–Crippen LogP) is 4.77. The summed E-state index contributed by atoms with van der Waals surface area (Å²) in [5.74, 6) is -0.334. The van der Waals surface area contributed by atoms with Crippen molar-refractivity contribution in [2.45, 2.75) is 26.4 Å². The van der Waals surface area contributed by atoms with Crippen LogP contribution in [0.5, 0.6) is 11.5 Å². The number of hydrazine groups is 1. The number of nitrogens with one attached hydrogen (secondary N) is 2. The lowest BCUT2D eigenvalue weighted by atomic mass is 10.2. The van der Waals surface area contributed by atoms with Gasteiger partial charge in [0.15, 0.2) is 6.10 Å². The lowest BCUT2D eigenvalue weighted by molar-refractivity contribution is -0.128. The van der Waals surface area contributed by atoms with Crippen molar-refractivity contribution in [3.05, 3.63) is 56.5 Å². The molecule has 0 radical (unpaired) electrons. The predicted molar refractivity (Wildman–Crippen MR) is 112 cm³/mol. The molecule has 0 spiro atoms. The van der Waals surface area contributed by atoms with Gasteiger partial charge in [-0.15, -0.1) is 0 Å². The lowest BCUT2D eigenvalue weighted by Gasteiger charge is -2.17. The van der Waals surface area contributed by atoms with Crippen LogP contribution in [-0.4, -0.2) is 24.5 Å². The number of benzene rings is 2. The third kappa shape index (κ3) is 6.29. The fraction of sp³-hybridized carbons (Fsp3) is 0.263. The monoisotopic (exact) mass is 488 g/mol. The highest BCUT2D eigenvalue weighted by Crippen LogP contribution is 2.28. The standard InChI is InChI=1S/C19H19BrCl2N2O4/c1-3-8-27-16-6-4-12(20)9-14(16)19(26)24-23-18(25)11(2)28-17-7-5-13(21)10-15(17)22/h4-7,9-11H,3,8H2,1-2H3,(H,23,25)(H,24,26). The normalized spacial score (nSPS) is 11.5. The number of carbonyl (C=O) groups is 2. The molecule has 28 heavy (non-hydrogen) atoms. The van der Waals surface area contributed by atoms with Crippen LogP contribution in [0.1, 0.15) is 30.6 Å². The second-order valence-electron chi connectivity index (χ2n) is 5.77. The SMILES string of the molecule is CCCOc1ccc(Br)cc1C(=O)NNC(=O)C(C)Oc1ccc(Cl)cc1Cl. The first-order valence-electron chi connectivity index (χ1n) is 8.46. The van der Waals surface area contributed by atoms with Crippen LogP contribution in [0.4, 0.5) is 0 Å². The number of rotatable bonds is 7. The maximum absolute atomic E-state index is 12.5. The molecule has 0 aliphatic rings. The van der Waals surface area contributed by atoms with E-state index in [0.717, 1.165) is 6.42 Å². The van der Waals surface area contributed by atoms with E-state index < -0.39 is 17.9 Å². The van der Waals surface area contributed by atoms with Crippen LogP contribution >= 0.6 is 39.1 Å². The Morgan fingerprint density at radius 3 is 2.50 bits per heavy atom. The molecule has 2 amide bonds. The molecule has 2 N–H and O–H groups in total. The summed E-state index contributed by atoms with van der Waals surface area (Å²) >= 11 is 15.2. The first-order valence-corrected chi connectivity index (χ1v) is 10.0. The van der Waals surface area contributed by atoms with Gasteiger partial charge in [0.2, 0.25) is 0 Å². The van der Waals surface area contributed by atoms with Gasteiger partial charge in [-0.3, -0.25) is 20.4 Å². The zero-order valence-electron chi connectivity index (χ0n) is 15.2. The molecule has 0 saturated heterocycles. The van der Waals surface area contributed by atoms with Crippen LogP contribution in [0.25, 0.3) is 0 Å². The van der Waals surface area contributed by atoms with E-state index in [1.165, 1.54) is 13.0 Å². The Labute approximate surface area is 181 Å². The fourth-order valence-corrected chi connectivity index (χ4v) is 2.93. The molecule has 0 heterocycles. The summed E-state index contributed by atoms with van der Waals surface area (Å²) in [4.78, 5) is 24.7. The second kappa shape index (κ2) is 10.5. The minimum Gasteiger partial charge on any atom is -0.493 e. The van der Waals surface area contributed by atoms with Crippen molar-refractivity contribution in [2.75, 3.05) is 6.61 Å². The van der Waals surface area contributed by atoms with E-state index in [0.29, 0.717) is 27.6 Å². The summed E-state index contributed by atoms with van der Waals surface area (Å²) in [5, 5.41) is 0.736. The van der Waals surface area contributed by atoms with Crippen LogP contribution < -0.4 is 20.3 Å². The van der Waals surface area contributed by atoms with Gasteiger partial charge in [-0.1, -0.05) is 46.1 Å². The molecule has 2 aromatic carbocycles. The Balaban J connectivity index is 1.98. The quantitative estimate of drug-likeness (QED) is 0.549. The van der Waals surface area contributed by atoms with Crippen molar-refractivity contribution < 1.29 is 19.1 Å². The maximum Gasteiger partial charge on any atom is 0.279 e. The van der Waals surface area contributed by atoms with Gasteiger partial charge in [0, 0.05) is 9.50 Å². The van der Waals surface area contributed by atoms with Crippen LogP contribution in [0.3, 0.4) is 0 Å². The molecule has 0 aromatic heterocycles. The van der Waals surface area contributed by atoms with Gasteiger partial charge in [0.25, 0.3) is 11.8 Å². The van der Waals surface area contributed by atoms with Crippen LogP contribution in [0.2, 0.25) is 10.0 Å². The Morgan fingerprint density at radius 1 is 1.11 bits per heavy atom. The summed E-state index contributed by atoms with van der Waals surface area (Å²) in [6, 6.07) is 9.73. The molecule has 6 nitrogen and oxygen atoms in total. The molecule has 1 atom stereocenters. The molecular weight excluding hydrogens is 471 g/mol. The molecule has 1 unspecified atom stereocenters. The molecule has 0 aliphatic heterocycles. The Morgan fingerprint density at radius 2 is 1.82 bits per heavy atom. The zero-order chi connectivity index (χ0) is 20.7. The molecule has 150 valence electrons. The number of ether oxygens (including phenoxy) is 2. The maximum atomic E-state index is 12.5. The van der Waals surface area contributed by atoms with E-state index in [1.54, 1.807) is 30.3 Å². The summed E-state index contributed by atoms with van der Waals surface area (Å²) in [5.41, 5.74) is 4.98. The topological polar surface area (TPSA) is 76.7 Å². The number of amides is 2. The number of carbonyl (C=O) groups excluding carboxylic acids is 2. The van der Waals surface area contributed by atoms with E-state index in [1.807, 2.05) is 6.92 Å². The first-order chi connectivity index (χ1) is 13.3. The highest BCUT2D eigenvalue weighted by Gasteiger charge is 2.19. The van der Waals surface area contributed by atoms with Crippen molar-refractivity contribution in [2.24, 2.45) is 0 Å². The molecule has 0 aliphatic carbocycles. The summed E-state index contributed by atoms with van der Waals surface area (Å²) < 4.78 is 11.8. The van der Waals surface area contributed by atoms with Gasteiger partial charge in [-0.2, -0.15) is 0 Å². The van der Waals surface area contributed by atoms with Gasteiger partial charge in [0.1, 0.15) is 11.5 Å². The third-order valence-corrected chi connectivity index (χ3v) is 4.54. The van der Waals surface area contributed by atoms with Gasteiger partial charge >= 0.3 is 0 Å². The summed E-state index contributed by atoms with van der Waals surface area (Å²) in [7, 11) is 0. The number of hydrogen-bond donors (Lipinski definition) is 2. The van der Waals surface area contributed by atoms with Crippen molar-refractivity contribution in [1.29, 1.82) is 0 Å². The molecule has 2 aromatic rings. The zero-order valence-corrected chi connectivity index (χ0v) is 18.3. The average Bonchev–Trinajstić information content (AvgIpc) is 2.66. The van der Waals surface area contributed by atoms with Crippen molar-refractivity contribution in [3.63, 3.8) is 0 Å². The number of hydrogen-bond acceptors (Lipinski definition) is 4. The highest BCUT2D eigenvalue weighted by molar-refractivity contribution is 9.10. The van der Waals surface area contributed by atoms with E-state index in [9.17, 15) is 9.59 Å². The smallest absolute Gasteiger partial charge is 0.279 e. The summed E-state index contributed by atoms with van der Waals surface area (Å²) in [6.07, 6.45) is -0.104. The van der Waals surface area contributed by atoms with E-state index in [2.05, 4.69) is 26.8 Å². The number of halogens is 3. The van der Waals surface area contributed by atoms with Gasteiger partial charge < -0.3 is 9.47 Å². The minimum absolute atomic E-state index is 0.281. The van der Waals surface area contributed by atoms with E-state index >= 15 is 0 Å². The average molecular weight is 490 g/mol. The first kappa shape index (κ1) is 22.3. The van der Waals surface area contributed by atoms with E-state index in [4.69, 9.17) is 32.7 Å². The highest BCUT2D eigenvalue weighted by atomic mass is 79.9. The van der Waals surface area contributed by atoms with E-state index in [-0.39, 0.29) is 10.6 Å². The molecule has 2 rings (SSSR count). The largest absolute Gasteiger partial charge is 0.493 e. The van der Waals surface area contributed by atoms with Gasteiger partial charge in [-0.25, -0.2) is 0 Å². The molecular formula is C19H19BrCl2N2O4. The van der Waals surface area contributed by atoms with Crippen molar-refractivity contribution in [1.82, 2.24) is 10.9 Å². The van der Waals surface area contributed by atoms with Crippen molar-refractivity contribution >= 4 is 50.9 Å². The van der Waals surface area contributed by atoms with Crippen molar-refractivity contribution in [3.8, 4) is 11.5 Å². The lowest BCUT2D eigenvalue weighted by Crippen LogP contribution is -2.47. The van der Waals surface area contributed by atoms with Gasteiger partial charge in [0.05, 0.1) is 17.2 Å². The van der Waals surface area contributed by atoms with Crippen LogP contribution in [0.15, 0.2) is 40.9 Å². The van der Waals surface area contributed by atoms with Gasteiger partial charge in [-0.05, 0) is 49.7 Å². The summed E-state index contributed by atoms with van der Waals surface area (Å²) in [6.45, 7) is 3.97. The van der Waals surface area contributed by atoms with Crippen LogP contribution in [-0.2, 0) is 4.79 Å². The fourth-order valence-electron chi connectivity index (χ4n) is 2.12. The van der Waals surface area contributed by atoms with Crippen LogP contribution in [0, 0.1) is 0 Å². The Bertz CT molecular complexity index is 864. The third-order valence-electron chi connectivity index (χ3n) is 3.51. The molecule has 0 bridgehead atoms. The molecule has 9 heteroatoms. The Hall–Kier alpha value is -1.96. The Kier molecular flexibility index (Phi) is 8.41.